The highest BCUT2D eigenvalue weighted by atomic mass is 79.9. The molecular weight excluding hydrogens is 324 g/mol. The molecule has 0 bridgehead atoms. The van der Waals surface area contributed by atoms with Crippen LogP contribution in [-0.2, 0) is 0 Å². The number of hydrogen-bond acceptors (Lipinski definition) is 5. The Bertz CT molecular complexity index is 738. The first-order valence-electron chi connectivity index (χ1n) is 6.24. The van der Waals surface area contributed by atoms with E-state index in [9.17, 15) is 4.79 Å². The lowest BCUT2D eigenvalue weighted by atomic mass is 10.2. The molecule has 0 spiro atoms. The van der Waals surface area contributed by atoms with Crippen molar-refractivity contribution in [2.75, 3.05) is 18.0 Å². The molecule has 0 aromatic carbocycles. The summed E-state index contributed by atoms with van der Waals surface area (Å²) in [5, 5.41) is 9.15. The van der Waals surface area contributed by atoms with Crippen molar-refractivity contribution in [1.82, 2.24) is 9.97 Å². The van der Waals surface area contributed by atoms with Crippen molar-refractivity contribution in [3.63, 3.8) is 0 Å². The lowest BCUT2D eigenvalue weighted by molar-refractivity contribution is 0.553. The van der Waals surface area contributed by atoms with Crippen molar-refractivity contribution in [1.29, 1.82) is 5.26 Å². The highest BCUT2D eigenvalue weighted by Crippen LogP contribution is 2.26. The summed E-state index contributed by atoms with van der Waals surface area (Å²) >= 11 is 3.21. The second kappa shape index (κ2) is 5.13. The van der Waals surface area contributed by atoms with Gasteiger partial charge in [-0.3, -0.25) is 9.78 Å². The third kappa shape index (κ3) is 2.23. The number of nitriles is 1. The van der Waals surface area contributed by atoms with Gasteiger partial charge in [-0.05, 0) is 40.9 Å². The average molecular weight is 335 g/mol. The number of furan rings is 1. The predicted octanol–water partition coefficient (Wildman–Crippen LogP) is 2.26. The van der Waals surface area contributed by atoms with Crippen LogP contribution in [0.4, 0.5) is 5.95 Å². The Morgan fingerprint density at radius 2 is 2.15 bits per heavy atom. The molecule has 3 heterocycles. The van der Waals surface area contributed by atoms with Gasteiger partial charge in [0.2, 0.25) is 5.95 Å². The van der Waals surface area contributed by atoms with Gasteiger partial charge in [0.25, 0.3) is 5.56 Å². The molecule has 0 aliphatic carbocycles. The zero-order valence-electron chi connectivity index (χ0n) is 10.5. The molecule has 3 rings (SSSR count). The topological polar surface area (TPSA) is 85.9 Å². The SMILES string of the molecule is N#Cc1c(-c2ccc(Br)o2)nc(N2CCCC2)[nH]c1=O. The monoisotopic (exact) mass is 334 g/mol. The molecule has 0 amide bonds. The Morgan fingerprint density at radius 1 is 1.40 bits per heavy atom. The van der Waals surface area contributed by atoms with E-state index in [2.05, 4.69) is 25.9 Å². The van der Waals surface area contributed by atoms with Crippen molar-refractivity contribution < 1.29 is 4.42 Å². The van der Waals surface area contributed by atoms with Gasteiger partial charge in [0.15, 0.2) is 10.4 Å². The summed E-state index contributed by atoms with van der Waals surface area (Å²) in [6.45, 7) is 1.71. The summed E-state index contributed by atoms with van der Waals surface area (Å²) in [6, 6.07) is 5.27. The van der Waals surface area contributed by atoms with Crippen LogP contribution in [0.5, 0.6) is 0 Å². The molecule has 7 heteroatoms. The van der Waals surface area contributed by atoms with E-state index in [-0.39, 0.29) is 11.3 Å². The van der Waals surface area contributed by atoms with Crippen molar-refractivity contribution in [2.24, 2.45) is 0 Å². The van der Waals surface area contributed by atoms with E-state index in [0.29, 0.717) is 16.4 Å². The van der Waals surface area contributed by atoms with Crippen LogP contribution < -0.4 is 10.5 Å². The summed E-state index contributed by atoms with van der Waals surface area (Å²) in [7, 11) is 0. The van der Waals surface area contributed by atoms with Crippen LogP contribution in [0.1, 0.15) is 18.4 Å². The van der Waals surface area contributed by atoms with Gasteiger partial charge >= 0.3 is 0 Å². The number of nitrogens with zero attached hydrogens (tertiary/aromatic N) is 3. The maximum atomic E-state index is 12.0. The molecule has 2 aromatic heterocycles. The first-order valence-corrected chi connectivity index (χ1v) is 7.03. The van der Waals surface area contributed by atoms with E-state index in [4.69, 9.17) is 9.68 Å². The van der Waals surface area contributed by atoms with Crippen LogP contribution in [0.15, 0.2) is 26.0 Å². The zero-order chi connectivity index (χ0) is 14.1. The average Bonchev–Trinajstić information content (AvgIpc) is 3.08. The molecule has 1 aliphatic rings. The van der Waals surface area contributed by atoms with Crippen molar-refractivity contribution in [3.05, 3.63) is 32.7 Å². The summed E-state index contributed by atoms with van der Waals surface area (Å²) in [6.07, 6.45) is 2.15. The molecule has 0 unspecified atom stereocenters. The standard InChI is InChI=1S/C13H11BrN4O2/c14-10-4-3-9(20-10)11-8(7-15)12(19)17-13(16-11)18-5-1-2-6-18/h3-4H,1-2,5-6H2,(H,16,17,19). The number of anilines is 1. The van der Waals surface area contributed by atoms with Crippen LogP contribution in [0.3, 0.4) is 0 Å². The maximum absolute atomic E-state index is 12.0. The van der Waals surface area contributed by atoms with Crippen LogP contribution in [0, 0.1) is 11.3 Å². The van der Waals surface area contributed by atoms with Gasteiger partial charge in [-0.1, -0.05) is 0 Å². The van der Waals surface area contributed by atoms with Crippen molar-refractivity contribution in [3.8, 4) is 17.5 Å². The largest absolute Gasteiger partial charge is 0.448 e. The number of nitrogens with one attached hydrogen (secondary N) is 1. The van der Waals surface area contributed by atoms with Crippen LogP contribution in [0.2, 0.25) is 0 Å². The minimum absolute atomic E-state index is 0.0326. The zero-order valence-corrected chi connectivity index (χ0v) is 12.1. The van der Waals surface area contributed by atoms with E-state index in [1.165, 1.54) is 0 Å². The Kier molecular flexibility index (Phi) is 3.32. The van der Waals surface area contributed by atoms with E-state index in [1.54, 1.807) is 12.1 Å². The number of H-pyrrole nitrogens is 1. The van der Waals surface area contributed by atoms with Crippen LogP contribution >= 0.6 is 15.9 Å². The second-order valence-corrected chi connectivity index (χ2v) is 5.30. The molecule has 102 valence electrons. The van der Waals surface area contributed by atoms with Gasteiger partial charge in [-0.15, -0.1) is 0 Å². The van der Waals surface area contributed by atoms with Gasteiger partial charge in [0.05, 0.1) is 0 Å². The van der Waals surface area contributed by atoms with E-state index >= 15 is 0 Å². The van der Waals surface area contributed by atoms with Gasteiger partial charge < -0.3 is 9.32 Å². The normalized spacial score (nSPS) is 14.5. The molecule has 0 radical (unpaired) electrons. The predicted molar refractivity (Wildman–Crippen MR) is 76.4 cm³/mol. The fourth-order valence-electron chi connectivity index (χ4n) is 2.26. The lowest BCUT2D eigenvalue weighted by Crippen LogP contribution is -2.25. The van der Waals surface area contributed by atoms with Gasteiger partial charge in [-0.2, -0.15) is 5.26 Å². The maximum Gasteiger partial charge on any atom is 0.271 e. The quantitative estimate of drug-likeness (QED) is 0.910. The Morgan fingerprint density at radius 3 is 2.75 bits per heavy atom. The minimum Gasteiger partial charge on any atom is -0.448 e. The molecule has 1 aliphatic heterocycles. The van der Waals surface area contributed by atoms with Crippen molar-refractivity contribution >= 4 is 21.9 Å². The van der Waals surface area contributed by atoms with Gasteiger partial charge in [0.1, 0.15) is 17.3 Å². The molecule has 2 aromatic rings. The smallest absolute Gasteiger partial charge is 0.271 e. The fourth-order valence-corrected chi connectivity index (χ4v) is 2.57. The Balaban J connectivity index is 2.15. The van der Waals surface area contributed by atoms with Crippen LogP contribution in [-0.4, -0.2) is 23.1 Å². The van der Waals surface area contributed by atoms with Gasteiger partial charge in [-0.25, -0.2) is 4.98 Å². The first kappa shape index (κ1) is 12.9. The molecule has 1 fully saturated rings. The molecule has 20 heavy (non-hydrogen) atoms. The van der Waals surface area contributed by atoms with Crippen LogP contribution in [0.25, 0.3) is 11.5 Å². The first-order chi connectivity index (χ1) is 9.69. The van der Waals surface area contributed by atoms with Gasteiger partial charge in [0, 0.05) is 13.1 Å². The summed E-state index contributed by atoms with van der Waals surface area (Å²) < 4.78 is 5.95. The number of rotatable bonds is 2. The molecule has 0 atom stereocenters. The molecule has 1 saturated heterocycles. The third-order valence-corrected chi connectivity index (χ3v) is 3.66. The van der Waals surface area contributed by atoms with E-state index in [0.717, 1.165) is 25.9 Å². The highest BCUT2D eigenvalue weighted by molar-refractivity contribution is 9.10. The molecule has 0 saturated carbocycles. The van der Waals surface area contributed by atoms with E-state index in [1.807, 2.05) is 11.0 Å². The minimum atomic E-state index is -0.438. The number of aromatic nitrogens is 2. The van der Waals surface area contributed by atoms with E-state index < -0.39 is 5.56 Å². The fraction of sp³-hybridized carbons (Fsp3) is 0.308. The third-order valence-electron chi connectivity index (χ3n) is 3.23. The summed E-state index contributed by atoms with van der Waals surface area (Å²) in [5.41, 5.74) is -0.189. The summed E-state index contributed by atoms with van der Waals surface area (Å²) in [4.78, 5) is 21.1. The number of halogens is 1. The Labute approximate surface area is 123 Å². The second-order valence-electron chi connectivity index (χ2n) is 4.52. The van der Waals surface area contributed by atoms with Crippen molar-refractivity contribution in [2.45, 2.75) is 12.8 Å². The lowest BCUT2D eigenvalue weighted by Gasteiger charge is -2.16. The molecule has 1 N–H and O–H groups in total. The number of hydrogen-bond donors (Lipinski definition) is 1. The summed E-state index contributed by atoms with van der Waals surface area (Å²) in [5.74, 6) is 0.897. The molecule has 6 nitrogen and oxygen atoms in total. The Hall–Kier alpha value is -2.07. The number of aromatic amines is 1. The highest BCUT2D eigenvalue weighted by Gasteiger charge is 2.20. The molecular formula is C13H11BrN4O2.